The molecule has 1 fully saturated rings. The lowest BCUT2D eigenvalue weighted by Gasteiger charge is -2.30. The van der Waals surface area contributed by atoms with Crippen LogP contribution in [0.4, 0.5) is 5.69 Å². The van der Waals surface area contributed by atoms with E-state index in [1.165, 1.54) is 0 Å². The third kappa shape index (κ3) is 3.91. The van der Waals surface area contributed by atoms with Gasteiger partial charge in [0.05, 0.1) is 12.7 Å². The average Bonchev–Trinajstić information content (AvgIpc) is 2.32. The van der Waals surface area contributed by atoms with Crippen LogP contribution in [-0.4, -0.2) is 43.9 Å². The van der Waals surface area contributed by atoms with Gasteiger partial charge in [0, 0.05) is 25.3 Å². The second-order valence-corrected chi connectivity index (χ2v) is 4.40. The molecule has 1 saturated heterocycles. The summed E-state index contributed by atoms with van der Waals surface area (Å²) in [6.45, 7) is 6.56. The van der Waals surface area contributed by atoms with Gasteiger partial charge in [-0.25, -0.2) is 0 Å². The molecule has 0 saturated carbocycles. The number of morpholine rings is 1. The highest BCUT2D eigenvalue weighted by Crippen LogP contribution is 2.13. The molecule has 2 rings (SSSR count). The molecule has 1 aromatic carbocycles. The number of anilines is 1. The summed E-state index contributed by atoms with van der Waals surface area (Å²) in [6.07, 6.45) is 0.334. The van der Waals surface area contributed by atoms with Crippen molar-refractivity contribution in [1.29, 1.82) is 0 Å². The number of hydrogen-bond acceptors (Lipinski definition) is 4. The van der Waals surface area contributed by atoms with E-state index in [0.29, 0.717) is 12.7 Å². The maximum atomic E-state index is 5.66. The highest BCUT2D eigenvalue weighted by molar-refractivity contribution is 5.41. The third-order valence-corrected chi connectivity index (χ3v) is 2.88. The zero-order valence-electron chi connectivity index (χ0n) is 10.3. The van der Waals surface area contributed by atoms with E-state index in [1.807, 2.05) is 24.3 Å². The number of nitrogen functional groups attached to an aromatic ring is 1. The maximum Gasteiger partial charge on any atom is 0.119 e. The van der Waals surface area contributed by atoms with E-state index in [1.54, 1.807) is 0 Å². The highest BCUT2D eigenvalue weighted by Gasteiger charge is 2.15. The van der Waals surface area contributed by atoms with Crippen LogP contribution in [0.5, 0.6) is 5.75 Å². The molecule has 4 nitrogen and oxygen atoms in total. The molecule has 0 aromatic heterocycles. The average molecular weight is 236 g/mol. The Bertz CT molecular complexity index is 340. The molecular weight excluding hydrogens is 216 g/mol. The van der Waals surface area contributed by atoms with Gasteiger partial charge in [-0.05, 0) is 31.2 Å². The fourth-order valence-corrected chi connectivity index (χ4v) is 1.95. The van der Waals surface area contributed by atoms with E-state index >= 15 is 0 Å². The lowest BCUT2D eigenvalue weighted by Crippen LogP contribution is -2.42. The largest absolute Gasteiger partial charge is 0.492 e. The van der Waals surface area contributed by atoms with Crippen molar-refractivity contribution in [2.45, 2.75) is 13.0 Å². The maximum absolute atomic E-state index is 5.66. The molecule has 1 aliphatic heterocycles. The van der Waals surface area contributed by atoms with Crippen molar-refractivity contribution >= 4 is 5.69 Å². The first-order valence-corrected chi connectivity index (χ1v) is 6.06. The molecule has 94 valence electrons. The summed E-state index contributed by atoms with van der Waals surface area (Å²) in [7, 11) is 0. The van der Waals surface area contributed by atoms with Crippen molar-refractivity contribution in [1.82, 2.24) is 4.90 Å². The van der Waals surface area contributed by atoms with Crippen molar-refractivity contribution in [3.05, 3.63) is 24.3 Å². The normalized spacial score (nSPS) is 21.4. The molecule has 0 aliphatic carbocycles. The summed E-state index contributed by atoms with van der Waals surface area (Å²) in [5.74, 6) is 0.875. The van der Waals surface area contributed by atoms with E-state index in [4.69, 9.17) is 15.2 Å². The van der Waals surface area contributed by atoms with Crippen LogP contribution in [-0.2, 0) is 4.74 Å². The quantitative estimate of drug-likeness (QED) is 0.802. The SMILES string of the molecule is CC1CN(CCOc2ccc(N)cc2)CCO1. The van der Waals surface area contributed by atoms with Crippen LogP contribution in [0, 0.1) is 0 Å². The molecule has 2 N–H and O–H groups in total. The van der Waals surface area contributed by atoms with Crippen LogP contribution in [0.2, 0.25) is 0 Å². The Morgan fingerprint density at radius 2 is 2.18 bits per heavy atom. The molecule has 0 bridgehead atoms. The Balaban J connectivity index is 1.70. The molecule has 0 radical (unpaired) electrons. The molecule has 1 atom stereocenters. The molecular formula is C13H20N2O2. The highest BCUT2D eigenvalue weighted by atomic mass is 16.5. The fraction of sp³-hybridized carbons (Fsp3) is 0.538. The smallest absolute Gasteiger partial charge is 0.119 e. The summed E-state index contributed by atoms with van der Waals surface area (Å²) in [4.78, 5) is 2.37. The van der Waals surface area contributed by atoms with Crippen LogP contribution in [0.15, 0.2) is 24.3 Å². The summed E-state index contributed by atoms with van der Waals surface area (Å²) < 4.78 is 11.2. The molecule has 1 heterocycles. The lowest BCUT2D eigenvalue weighted by molar-refractivity contribution is -0.0214. The first kappa shape index (κ1) is 12.2. The Kier molecular flexibility index (Phi) is 4.23. The summed E-state index contributed by atoms with van der Waals surface area (Å²) >= 11 is 0. The number of ether oxygens (including phenoxy) is 2. The van der Waals surface area contributed by atoms with Crippen molar-refractivity contribution in [3.63, 3.8) is 0 Å². The Morgan fingerprint density at radius 3 is 2.88 bits per heavy atom. The van der Waals surface area contributed by atoms with Gasteiger partial charge in [0.1, 0.15) is 12.4 Å². The van der Waals surface area contributed by atoms with Crippen LogP contribution < -0.4 is 10.5 Å². The monoisotopic (exact) mass is 236 g/mol. The standard InChI is InChI=1S/C13H20N2O2/c1-11-10-15(6-8-16-11)7-9-17-13-4-2-12(14)3-5-13/h2-5,11H,6-10,14H2,1H3. The van der Waals surface area contributed by atoms with Crippen LogP contribution in [0.1, 0.15) is 6.92 Å². The zero-order valence-corrected chi connectivity index (χ0v) is 10.3. The molecule has 17 heavy (non-hydrogen) atoms. The second kappa shape index (κ2) is 5.89. The van der Waals surface area contributed by atoms with E-state index in [-0.39, 0.29) is 0 Å². The minimum atomic E-state index is 0.334. The number of nitrogens with zero attached hydrogens (tertiary/aromatic N) is 1. The van der Waals surface area contributed by atoms with Crippen molar-refractivity contribution in [2.24, 2.45) is 0 Å². The molecule has 1 aromatic rings. The number of nitrogens with two attached hydrogens (primary N) is 1. The predicted octanol–water partition coefficient (Wildman–Crippen LogP) is 1.37. The topological polar surface area (TPSA) is 47.7 Å². The first-order valence-electron chi connectivity index (χ1n) is 6.06. The van der Waals surface area contributed by atoms with Gasteiger partial charge in [0.15, 0.2) is 0 Å². The predicted molar refractivity (Wildman–Crippen MR) is 68.2 cm³/mol. The number of benzene rings is 1. The van der Waals surface area contributed by atoms with E-state index in [9.17, 15) is 0 Å². The van der Waals surface area contributed by atoms with Gasteiger partial charge in [-0.3, -0.25) is 4.90 Å². The van der Waals surface area contributed by atoms with Gasteiger partial charge in [-0.1, -0.05) is 0 Å². The van der Waals surface area contributed by atoms with Gasteiger partial charge >= 0.3 is 0 Å². The third-order valence-electron chi connectivity index (χ3n) is 2.88. The number of rotatable bonds is 4. The van der Waals surface area contributed by atoms with Gasteiger partial charge in [0.2, 0.25) is 0 Å². The van der Waals surface area contributed by atoms with Gasteiger partial charge in [-0.15, -0.1) is 0 Å². The molecule has 0 amide bonds. The summed E-state index contributed by atoms with van der Waals surface area (Å²) in [5.41, 5.74) is 6.37. The second-order valence-electron chi connectivity index (χ2n) is 4.40. The van der Waals surface area contributed by atoms with Crippen molar-refractivity contribution in [3.8, 4) is 5.75 Å². The van der Waals surface area contributed by atoms with E-state index in [2.05, 4.69) is 11.8 Å². The van der Waals surface area contributed by atoms with Gasteiger partial charge < -0.3 is 15.2 Å². The van der Waals surface area contributed by atoms with Crippen LogP contribution in [0.3, 0.4) is 0 Å². The Hall–Kier alpha value is -1.26. The van der Waals surface area contributed by atoms with Gasteiger partial charge in [0.25, 0.3) is 0 Å². The fourth-order valence-electron chi connectivity index (χ4n) is 1.95. The van der Waals surface area contributed by atoms with E-state index in [0.717, 1.165) is 37.7 Å². The molecule has 0 spiro atoms. The van der Waals surface area contributed by atoms with Crippen LogP contribution in [0.25, 0.3) is 0 Å². The Labute approximate surface area is 102 Å². The first-order chi connectivity index (χ1) is 8.24. The molecule has 1 unspecified atom stereocenters. The van der Waals surface area contributed by atoms with Crippen molar-refractivity contribution in [2.75, 3.05) is 38.6 Å². The summed E-state index contributed by atoms with van der Waals surface area (Å²) in [6, 6.07) is 7.51. The minimum Gasteiger partial charge on any atom is -0.492 e. The lowest BCUT2D eigenvalue weighted by atomic mass is 10.3. The minimum absolute atomic E-state index is 0.334. The van der Waals surface area contributed by atoms with Crippen LogP contribution >= 0.6 is 0 Å². The van der Waals surface area contributed by atoms with Gasteiger partial charge in [-0.2, -0.15) is 0 Å². The number of hydrogen-bond donors (Lipinski definition) is 1. The van der Waals surface area contributed by atoms with Crippen molar-refractivity contribution < 1.29 is 9.47 Å². The molecule has 4 heteroatoms. The van der Waals surface area contributed by atoms with E-state index < -0.39 is 0 Å². The Morgan fingerprint density at radius 1 is 1.41 bits per heavy atom. The molecule has 1 aliphatic rings. The zero-order chi connectivity index (χ0) is 12.1. The summed E-state index contributed by atoms with van der Waals surface area (Å²) in [5, 5.41) is 0.